The van der Waals surface area contributed by atoms with E-state index < -0.39 is 0 Å². The summed E-state index contributed by atoms with van der Waals surface area (Å²) >= 11 is 0. The molecule has 0 aromatic heterocycles. The van der Waals surface area contributed by atoms with Gasteiger partial charge in [-0.2, -0.15) is 5.26 Å². The molecule has 2 saturated carbocycles. The molecule has 2 fully saturated rings. The molecule has 4 atom stereocenters. The van der Waals surface area contributed by atoms with Gasteiger partial charge in [0, 0.05) is 12.1 Å². The minimum atomic E-state index is 0.278. The van der Waals surface area contributed by atoms with Crippen molar-refractivity contribution in [3.8, 4) is 6.07 Å². The van der Waals surface area contributed by atoms with Gasteiger partial charge in [0.05, 0.1) is 12.0 Å². The second kappa shape index (κ2) is 5.68. The first-order valence-corrected chi connectivity index (χ1v) is 6.95. The molecular weight excluding hydrogens is 196 g/mol. The van der Waals surface area contributed by atoms with Crippen molar-refractivity contribution in [3.63, 3.8) is 0 Å². The van der Waals surface area contributed by atoms with Gasteiger partial charge in [0.15, 0.2) is 0 Å². The summed E-state index contributed by atoms with van der Waals surface area (Å²) in [4.78, 5) is 0. The third-order valence-electron chi connectivity index (χ3n) is 4.39. The Morgan fingerprint density at radius 3 is 2.62 bits per heavy atom. The predicted octanol–water partition coefficient (Wildman–Crippen LogP) is 3.24. The van der Waals surface area contributed by atoms with Gasteiger partial charge in [-0.05, 0) is 38.0 Å². The Balaban J connectivity index is 1.82. The summed E-state index contributed by atoms with van der Waals surface area (Å²) in [7, 11) is 0. The lowest BCUT2D eigenvalue weighted by Crippen LogP contribution is -2.39. The third-order valence-corrected chi connectivity index (χ3v) is 4.39. The first kappa shape index (κ1) is 11.9. The van der Waals surface area contributed by atoms with Crippen molar-refractivity contribution in [2.75, 3.05) is 0 Å². The first-order valence-electron chi connectivity index (χ1n) is 6.95. The second-order valence-corrected chi connectivity index (χ2v) is 5.75. The minimum absolute atomic E-state index is 0.278. The highest BCUT2D eigenvalue weighted by Gasteiger charge is 2.29. The maximum atomic E-state index is 9.07. The largest absolute Gasteiger partial charge is 0.310 e. The minimum Gasteiger partial charge on any atom is -0.310 e. The number of nitrogens with zero attached hydrogens (tertiary/aromatic N) is 1. The van der Waals surface area contributed by atoms with Gasteiger partial charge in [-0.3, -0.25) is 0 Å². The first-order chi connectivity index (χ1) is 7.79. The lowest BCUT2D eigenvalue weighted by atomic mass is 10.0. The molecule has 0 radical (unpaired) electrons. The molecule has 0 bridgehead atoms. The molecule has 0 aromatic rings. The summed E-state index contributed by atoms with van der Waals surface area (Å²) in [6.07, 6.45) is 10.3. The molecule has 2 aliphatic carbocycles. The van der Waals surface area contributed by atoms with E-state index in [4.69, 9.17) is 5.26 Å². The molecule has 2 aliphatic rings. The predicted molar refractivity (Wildman–Crippen MR) is 65.9 cm³/mol. The van der Waals surface area contributed by atoms with Crippen LogP contribution in [0.1, 0.15) is 58.3 Å². The fraction of sp³-hybridized carbons (Fsp3) is 0.929. The van der Waals surface area contributed by atoms with Crippen LogP contribution in [0.2, 0.25) is 0 Å². The normalized spacial score (nSPS) is 40.2. The maximum absolute atomic E-state index is 9.07. The van der Waals surface area contributed by atoms with Gasteiger partial charge < -0.3 is 5.32 Å². The summed E-state index contributed by atoms with van der Waals surface area (Å²) in [6, 6.07) is 3.64. The van der Waals surface area contributed by atoms with Crippen LogP contribution in [-0.2, 0) is 0 Å². The van der Waals surface area contributed by atoms with Crippen LogP contribution in [0.5, 0.6) is 0 Å². The Hall–Kier alpha value is -0.550. The zero-order chi connectivity index (χ0) is 11.4. The quantitative estimate of drug-likeness (QED) is 0.725. The number of nitrogens with one attached hydrogen (secondary N) is 1. The van der Waals surface area contributed by atoms with Crippen molar-refractivity contribution in [3.05, 3.63) is 0 Å². The van der Waals surface area contributed by atoms with Crippen LogP contribution < -0.4 is 5.32 Å². The van der Waals surface area contributed by atoms with Crippen molar-refractivity contribution in [2.24, 2.45) is 11.8 Å². The summed E-state index contributed by atoms with van der Waals surface area (Å²) in [6.45, 7) is 2.37. The van der Waals surface area contributed by atoms with Crippen LogP contribution in [0, 0.1) is 23.2 Å². The van der Waals surface area contributed by atoms with Gasteiger partial charge in [-0.25, -0.2) is 0 Å². The van der Waals surface area contributed by atoms with E-state index in [9.17, 15) is 0 Å². The monoisotopic (exact) mass is 220 g/mol. The van der Waals surface area contributed by atoms with Crippen LogP contribution in [0.25, 0.3) is 0 Å². The highest BCUT2D eigenvalue weighted by Crippen LogP contribution is 2.28. The van der Waals surface area contributed by atoms with Crippen LogP contribution in [0.4, 0.5) is 0 Å². The van der Waals surface area contributed by atoms with Crippen molar-refractivity contribution in [2.45, 2.75) is 70.4 Å². The van der Waals surface area contributed by atoms with Crippen LogP contribution in [-0.4, -0.2) is 12.1 Å². The van der Waals surface area contributed by atoms with Gasteiger partial charge in [-0.15, -0.1) is 0 Å². The van der Waals surface area contributed by atoms with Gasteiger partial charge >= 0.3 is 0 Å². The Kier molecular flexibility index (Phi) is 4.23. The molecule has 0 aliphatic heterocycles. The molecule has 0 heterocycles. The highest BCUT2D eigenvalue weighted by molar-refractivity contribution is 4.97. The molecule has 0 saturated heterocycles. The molecule has 1 N–H and O–H groups in total. The summed E-state index contributed by atoms with van der Waals surface area (Å²) in [5.41, 5.74) is 0. The molecule has 0 aromatic carbocycles. The lowest BCUT2D eigenvalue weighted by molar-refractivity contribution is 0.365. The summed E-state index contributed by atoms with van der Waals surface area (Å²) in [5, 5.41) is 12.8. The van der Waals surface area contributed by atoms with E-state index in [-0.39, 0.29) is 5.92 Å². The fourth-order valence-corrected chi connectivity index (χ4v) is 3.27. The number of hydrogen-bond acceptors (Lipinski definition) is 2. The number of hydrogen-bond donors (Lipinski definition) is 1. The van der Waals surface area contributed by atoms with E-state index >= 15 is 0 Å². The number of nitriles is 1. The fourth-order valence-electron chi connectivity index (χ4n) is 3.27. The van der Waals surface area contributed by atoms with E-state index in [1.807, 2.05) is 0 Å². The van der Waals surface area contributed by atoms with Crippen molar-refractivity contribution < 1.29 is 0 Å². The van der Waals surface area contributed by atoms with E-state index in [0.29, 0.717) is 12.1 Å². The molecule has 90 valence electrons. The van der Waals surface area contributed by atoms with Crippen molar-refractivity contribution in [1.82, 2.24) is 5.32 Å². The molecular formula is C14H24N2. The van der Waals surface area contributed by atoms with Gasteiger partial charge in [0.25, 0.3) is 0 Å². The van der Waals surface area contributed by atoms with Crippen molar-refractivity contribution in [1.29, 1.82) is 5.26 Å². The molecule has 16 heavy (non-hydrogen) atoms. The zero-order valence-electron chi connectivity index (χ0n) is 10.4. The van der Waals surface area contributed by atoms with Crippen LogP contribution in [0.3, 0.4) is 0 Å². The average molecular weight is 220 g/mol. The second-order valence-electron chi connectivity index (χ2n) is 5.75. The van der Waals surface area contributed by atoms with Gasteiger partial charge in [0.1, 0.15) is 0 Å². The topological polar surface area (TPSA) is 35.8 Å². The lowest BCUT2D eigenvalue weighted by Gasteiger charge is -2.23. The smallest absolute Gasteiger partial charge is 0.0672 e. The Morgan fingerprint density at radius 1 is 1.00 bits per heavy atom. The van der Waals surface area contributed by atoms with Gasteiger partial charge in [-0.1, -0.05) is 26.2 Å². The van der Waals surface area contributed by atoms with Crippen LogP contribution >= 0.6 is 0 Å². The highest BCUT2D eigenvalue weighted by atomic mass is 15.0. The average Bonchev–Trinajstić information content (AvgIpc) is 2.63. The SMILES string of the molecule is CC1CCCC(NC2CCCC2C#N)CC1. The number of rotatable bonds is 2. The standard InChI is InChI=1S/C14H24N2/c1-11-4-2-6-13(9-8-11)16-14-7-3-5-12(14)10-15/h11-14,16H,2-9H2,1H3. The molecule has 0 spiro atoms. The summed E-state index contributed by atoms with van der Waals surface area (Å²) < 4.78 is 0. The molecule has 2 nitrogen and oxygen atoms in total. The Morgan fingerprint density at radius 2 is 1.81 bits per heavy atom. The van der Waals surface area contributed by atoms with E-state index in [2.05, 4.69) is 18.3 Å². The molecule has 4 unspecified atom stereocenters. The van der Waals surface area contributed by atoms with E-state index in [0.717, 1.165) is 12.3 Å². The van der Waals surface area contributed by atoms with Gasteiger partial charge in [0.2, 0.25) is 0 Å². The maximum Gasteiger partial charge on any atom is 0.0672 e. The summed E-state index contributed by atoms with van der Waals surface area (Å²) in [5.74, 6) is 1.18. The molecule has 2 heteroatoms. The van der Waals surface area contributed by atoms with Crippen molar-refractivity contribution >= 4 is 0 Å². The van der Waals surface area contributed by atoms with Crippen LogP contribution in [0.15, 0.2) is 0 Å². The Labute approximate surface area is 99.4 Å². The molecule has 0 amide bonds. The molecule has 2 rings (SSSR count). The Bertz CT molecular complexity index is 256. The van der Waals surface area contributed by atoms with E-state index in [1.165, 1.54) is 44.9 Å². The third kappa shape index (κ3) is 2.98. The van der Waals surface area contributed by atoms with E-state index in [1.54, 1.807) is 0 Å². The zero-order valence-corrected chi connectivity index (χ0v) is 10.4.